The number of amides is 1. The van der Waals surface area contributed by atoms with Crippen molar-refractivity contribution >= 4 is 28.3 Å². The van der Waals surface area contributed by atoms with Crippen LogP contribution in [0.1, 0.15) is 23.3 Å². The van der Waals surface area contributed by atoms with Gasteiger partial charge in [-0.1, -0.05) is 0 Å². The second-order valence-corrected chi connectivity index (χ2v) is 7.20. The van der Waals surface area contributed by atoms with Crippen LogP contribution in [0.5, 0.6) is 0 Å². The molecule has 1 aliphatic carbocycles. The normalized spacial score (nSPS) is 16.6. The van der Waals surface area contributed by atoms with Gasteiger partial charge in [0.1, 0.15) is 10.6 Å². The fourth-order valence-electron chi connectivity index (χ4n) is 2.38. The van der Waals surface area contributed by atoms with Gasteiger partial charge in [0.25, 0.3) is 5.91 Å². The maximum absolute atomic E-state index is 12.6. The van der Waals surface area contributed by atoms with Crippen molar-refractivity contribution in [3.63, 3.8) is 0 Å². The molecule has 7 nitrogen and oxygen atoms in total. The summed E-state index contributed by atoms with van der Waals surface area (Å²) in [5.41, 5.74) is 11.1. The maximum Gasteiger partial charge on any atom is 0.265 e. The predicted octanol–water partition coefficient (Wildman–Crippen LogP) is -0.0964. The van der Waals surface area contributed by atoms with Gasteiger partial charge in [0.15, 0.2) is 0 Å². The average molecular weight is 337 g/mol. The third-order valence-corrected chi connectivity index (χ3v) is 5.63. The number of carbonyl (C=O) groups is 1. The molecule has 0 bridgehead atoms. The number of carbonyl (C=O) groups excluding carboxylic acids is 1. The number of likely N-dealkylation sites (N-methyl/N-ethyl adjacent to an activating group) is 1. The molecule has 2 rings (SSSR count). The number of aromatic nitrogens is 1. The molecule has 1 saturated carbocycles. The van der Waals surface area contributed by atoms with Crippen LogP contribution >= 0.6 is 12.4 Å². The number of hydrogen-bond donors (Lipinski definition) is 2. The first-order chi connectivity index (χ1) is 9.28. The molecule has 0 aromatic carbocycles. The van der Waals surface area contributed by atoms with E-state index < -0.39 is 15.9 Å². The Morgan fingerprint density at radius 2 is 2.10 bits per heavy atom. The molecule has 1 amide bonds. The minimum absolute atomic E-state index is 0. The first-order valence-corrected chi connectivity index (χ1v) is 7.87. The molecule has 4 N–H and O–H groups in total. The smallest absolute Gasteiger partial charge is 0.265 e. The van der Waals surface area contributed by atoms with Gasteiger partial charge in [0.2, 0.25) is 10.0 Å². The summed E-state index contributed by atoms with van der Waals surface area (Å²) in [6, 6.07) is 1.10. The summed E-state index contributed by atoms with van der Waals surface area (Å²) in [5.74, 6) is -0.326. The predicted molar refractivity (Wildman–Crippen MR) is 81.7 cm³/mol. The third kappa shape index (κ3) is 3.39. The number of nitrogens with zero attached hydrogens (tertiary/aromatic N) is 2. The number of nitrogens with two attached hydrogens (primary N) is 2. The zero-order chi connectivity index (χ0) is 15.1. The van der Waals surface area contributed by atoms with Gasteiger partial charge < -0.3 is 16.0 Å². The number of halogens is 1. The van der Waals surface area contributed by atoms with Gasteiger partial charge >= 0.3 is 0 Å². The zero-order valence-corrected chi connectivity index (χ0v) is 13.7. The van der Waals surface area contributed by atoms with Gasteiger partial charge in [0, 0.05) is 32.9 Å². The van der Waals surface area contributed by atoms with Gasteiger partial charge in [0.05, 0.1) is 0 Å². The molecule has 1 heterocycles. The zero-order valence-electron chi connectivity index (χ0n) is 12.0. The molecule has 0 spiro atoms. The van der Waals surface area contributed by atoms with Crippen molar-refractivity contribution < 1.29 is 13.2 Å². The second kappa shape index (κ2) is 6.35. The Kier molecular flexibility index (Phi) is 5.43. The minimum Gasteiger partial charge on any atom is -0.364 e. The lowest BCUT2D eigenvalue weighted by Gasteiger charge is -2.25. The van der Waals surface area contributed by atoms with Crippen LogP contribution < -0.4 is 11.5 Å². The Balaban J connectivity index is 0.00000220. The number of primary amides is 1. The van der Waals surface area contributed by atoms with E-state index in [0.717, 1.165) is 12.8 Å². The van der Waals surface area contributed by atoms with E-state index in [1.165, 1.54) is 28.2 Å². The van der Waals surface area contributed by atoms with E-state index in [-0.39, 0.29) is 35.6 Å². The van der Waals surface area contributed by atoms with Crippen molar-refractivity contribution in [3.8, 4) is 0 Å². The van der Waals surface area contributed by atoms with E-state index in [9.17, 15) is 13.2 Å². The van der Waals surface area contributed by atoms with E-state index in [4.69, 9.17) is 11.5 Å². The van der Waals surface area contributed by atoms with E-state index in [1.807, 2.05) is 0 Å². The molecule has 9 heteroatoms. The first kappa shape index (κ1) is 18.0. The third-order valence-electron chi connectivity index (χ3n) is 3.78. The lowest BCUT2D eigenvalue weighted by Crippen LogP contribution is -2.43. The molecule has 1 unspecified atom stereocenters. The monoisotopic (exact) mass is 336 g/mol. The highest BCUT2D eigenvalue weighted by Gasteiger charge is 2.38. The summed E-state index contributed by atoms with van der Waals surface area (Å²) in [5, 5.41) is 0. The number of hydrogen-bond acceptors (Lipinski definition) is 4. The second-order valence-electron chi connectivity index (χ2n) is 5.20. The highest BCUT2D eigenvalue weighted by Crippen LogP contribution is 2.36. The number of aryl methyl sites for hydroxylation is 1. The molecule has 1 aromatic rings. The molecular formula is C12H21ClN4O3S. The summed E-state index contributed by atoms with van der Waals surface area (Å²) in [6.45, 7) is 0.288. The summed E-state index contributed by atoms with van der Waals surface area (Å²) in [7, 11) is -0.552. The van der Waals surface area contributed by atoms with Crippen molar-refractivity contribution in [1.82, 2.24) is 8.87 Å². The molecular weight excluding hydrogens is 316 g/mol. The molecule has 21 heavy (non-hydrogen) atoms. The van der Waals surface area contributed by atoms with Crippen LogP contribution in [-0.2, 0) is 17.1 Å². The van der Waals surface area contributed by atoms with Crippen molar-refractivity contribution in [2.24, 2.45) is 24.4 Å². The number of rotatable bonds is 6. The van der Waals surface area contributed by atoms with Gasteiger partial charge in [-0.25, -0.2) is 8.42 Å². The summed E-state index contributed by atoms with van der Waals surface area (Å²) in [4.78, 5) is 11.3. The lowest BCUT2D eigenvalue weighted by molar-refractivity contribution is 0.0992. The van der Waals surface area contributed by atoms with E-state index in [0.29, 0.717) is 5.92 Å². The van der Waals surface area contributed by atoms with Crippen LogP contribution in [-0.4, -0.2) is 42.8 Å². The van der Waals surface area contributed by atoms with Crippen LogP contribution in [0.2, 0.25) is 0 Å². The quantitative estimate of drug-likeness (QED) is 0.755. The highest BCUT2D eigenvalue weighted by atomic mass is 35.5. The number of sulfonamides is 1. The van der Waals surface area contributed by atoms with Crippen molar-refractivity contribution in [1.29, 1.82) is 0 Å². The minimum atomic E-state index is -3.67. The van der Waals surface area contributed by atoms with Crippen molar-refractivity contribution in [3.05, 3.63) is 18.0 Å². The summed E-state index contributed by atoms with van der Waals surface area (Å²) in [6.07, 6.45) is 3.40. The van der Waals surface area contributed by atoms with E-state index >= 15 is 0 Å². The Bertz CT molecular complexity index is 624. The average Bonchev–Trinajstić information content (AvgIpc) is 3.11. The van der Waals surface area contributed by atoms with Crippen LogP contribution in [0, 0.1) is 5.92 Å². The largest absolute Gasteiger partial charge is 0.364 e. The summed E-state index contributed by atoms with van der Waals surface area (Å²) < 4.78 is 27.8. The van der Waals surface area contributed by atoms with Gasteiger partial charge in [-0.05, 0) is 24.8 Å². The Labute approximate surface area is 130 Å². The van der Waals surface area contributed by atoms with Crippen LogP contribution in [0.4, 0.5) is 0 Å². The van der Waals surface area contributed by atoms with Crippen molar-refractivity contribution in [2.75, 3.05) is 13.6 Å². The van der Waals surface area contributed by atoms with Gasteiger partial charge in [-0.15, -0.1) is 12.4 Å². The highest BCUT2D eigenvalue weighted by molar-refractivity contribution is 7.89. The van der Waals surface area contributed by atoms with Crippen LogP contribution in [0.25, 0.3) is 0 Å². The fourth-order valence-corrected chi connectivity index (χ4v) is 3.88. The molecule has 1 atom stereocenters. The van der Waals surface area contributed by atoms with Gasteiger partial charge in [-0.2, -0.15) is 4.31 Å². The topological polar surface area (TPSA) is 111 Å². The van der Waals surface area contributed by atoms with Crippen molar-refractivity contribution in [2.45, 2.75) is 23.8 Å². The Hall–Kier alpha value is -1.09. The Morgan fingerprint density at radius 3 is 2.48 bits per heavy atom. The van der Waals surface area contributed by atoms with Crippen LogP contribution in [0.15, 0.2) is 17.2 Å². The van der Waals surface area contributed by atoms with Gasteiger partial charge in [-0.3, -0.25) is 4.79 Å². The molecule has 1 fully saturated rings. The molecule has 120 valence electrons. The standard InChI is InChI=1S/C12H20N4O3S.ClH/c1-15-7-9(5-10(15)12(14)17)20(18,19)16(2)11(6-13)8-3-4-8;/h5,7-8,11H,3-4,6,13H2,1-2H3,(H2,14,17);1H. The lowest BCUT2D eigenvalue weighted by atomic mass is 10.2. The molecule has 1 aliphatic rings. The maximum atomic E-state index is 12.6. The fraction of sp³-hybridized carbons (Fsp3) is 0.583. The van der Waals surface area contributed by atoms with E-state index in [2.05, 4.69) is 0 Å². The molecule has 0 aliphatic heterocycles. The SMILES string of the molecule is CN(C(CN)C1CC1)S(=O)(=O)c1cc(C(N)=O)n(C)c1.Cl. The van der Waals surface area contributed by atoms with E-state index in [1.54, 1.807) is 7.05 Å². The molecule has 0 saturated heterocycles. The van der Waals surface area contributed by atoms with Crippen LogP contribution in [0.3, 0.4) is 0 Å². The molecule has 0 radical (unpaired) electrons. The Morgan fingerprint density at radius 1 is 1.52 bits per heavy atom. The molecule has 1 aromatic heterocycles. The summed E-state index contributed by atoms with van der Waals surface area (Å²) >= 11 is 0. The first-order valence-electron chi connectivity index (χ1n) is 6.43.